The minimum Gasteiger partial charge on any atom is -0.496 e. The van der Waals surface area contributed by atoms with Gasteiger partial charge in [-0.3, -0.25) is 4.79 Å². The van der Waals surface area contributed by atoms with Crippen LogP contribution in [0.25, 0.3) is 0 Å². The zero-order valence-electron chi connectivity index (χ0n) is 18.7. The number of anilines is 1. The molecule has 0 heterocycles. The van der Waals surface area contributed by atoms with Crippen molar-refractivity contribution in [2.45, 2.75) is 11.4 Å². The highest BCUT2D eigenvalue weighted by Crippen LogP contribution is 2.25. The van der Waals surface area contributed by atoms with Gasteiger partial charge >= 0.3 is 5.97 Å². The second-order valence-corrected chi connectivity index (χ2v) is 9.75. The van der Waals surface area contributed by atoms with E-state index in [1.165, 1.54) is 62.0 Å². The molecule has 178 valence electrons. The van der Waals surface area contributed by atoms with Gasteiger partial charge in [0.25, 0.3) is 5.91 Å². The molecular weight excluding hydrogens is 480 g/mol. The third-order valence-electron chi connectivity index (χ3n) is 5.02. The Bertz CT molecular complexity index is 1290. The molecule has 0 saturated heterocycles. The van der Waals surface area contributed by atoms with E-state index in [0.29, 0.717) is 33.1 Å². The third kappa shape index (κ3) is 5.74. The summed E-state index contributed by atoms with van der Waals surface area (Å²) in [6.45, 7) is -0.0247. The molecule has 0 aliphatic heterocycles. The smallest absolute Gasteiger partial charge is 0.337 e. The van der Waals surface area contributed by atoms with Crippen molar-refractivity contribution in [2.75, 3.05) is 26.6 Å². The maximum atomic E-state index is 12.9. The second kappa shape index (κ2) is 10.7. The average Bonchev–Trinajstić information content (AvgIpc) is 2.84. The first-order valence-corrected chi connectivity index (χ1v) is 11.9. The molecule has 0 radical (unpaired) electrons. The number of esters is 1. The molecule has 1 amide bonds. The maximum Gasteiger partial charge on any atom is 0.337 e. The van der Waals surface area contributed by atoms with Crippen LogP contribution < -0.4 is 10.1 Å². The Morgan fingerprint density at radius 1 is 0.941 bits per heavy atom. The van der Waals surface area contributed by atoms with Crippen LogP contribution in [0.15, 0.2) is 71.6 Å². The van der Waals surface area contributed by atoms with Gasteiger partial charge in [-0.05, 0) is 66.7 Å². The van der Waals surface area contributed by atoms with Crippen molar-refractivity contribution in [3.05, 3.63) is 88.4 Å². The summed E-state index contributed by atoms with van der Waals surface area (Å²) in [7, 11) is 0.407. The van der Waals surface area contributed by atoms with Crippen molar-refractivity contribution in [3.63, 3.8) is 0 Å². The number of amides is 1. The summed E-state index contributed by atoms with van der Waals surface area (Å²) in [5.41, 5.74) is 1.66. The topological polar surface area (TPSA) is 102 Å². The summed E-state index contributed by atoms with van der Waals surface area (Å²) >= 11 is 5.86. The van der Waals surface area contributed by atoms with Crippen molar-refractivity contribution in [1.29, 1.82) is 0 Å². The number of hydrogen-bond donors (Lipinski definition) is 1. The largest absolute Gasteiger partial charge is 0.496 e. The fourth-order valence-electron chi connectivity index (χ4n) is 3.17. The molecule has 0 atom stereocenters. The molecule has 0 unspecified atom stereocenters. The Morgan fingerprint density at radius 2 is 1.56 bits per heavy atom. The number of sulfonamides is 1. The lowest BCUT2D eigenvalue weighted by Gasteiger charge is -2.19. The lowest BCUT2D eigenvalue weighted by atomic mass is 10.1. The molecule has 0 bridgehead atoms. The predicted octanol–water partition coefficient (Wildman–Crippen LogP) is 4.21. The summed E-state index contributed by atoms with van der Waals surface area (Å²) in [6.07, 6.45) is 0. The van der Waals surface area contributed by atoms with Gasteiger partial charge in [0.1, 0.15) is 5.75 Å². The number of ether oxygens (including phenoxy) is 2. The van der Waals surface area contributed by atoms with E-state index in [9.17, 15) is 18.0 Å². The van der Waals surface area contributed by atoms with Crippen LogP contribution in [0, 0.1) is 0 Å². The molecule has 3 aromatic rings. The Kier molecular flexibility index (Phi) is 7.93. The third-order valence-corrected chi connectivity index (χ3v) is 7.09. The van der Waals surface area contributed by atoms with Crippen LogP contribution in [-0.2, 0) is 21.3 Å². The highest BCUT2D eigenvalue weighted by atomic mass is 35.5. The van der Waals surface area contributed by atoms with Gasteiger partial charge in [0, 0.05) is 35.4 Å². The lowest BCUT2D eigenvalue weighted by molar-refractivity contribution is 0.0600. The zero-order valence-corrected chi connectivity index (χ0v) is 20.3. The Balaban J connectivity index is 1.80. The molecule has 0 aliphatic rings. The summed E-state index contributed by atoms with van der Waals surface area (Å²) in [5, 5.41) is 3.18. The number of hydrogen-bond acceptors (Lipinski definition) is 6. The Morgan fingerprint density at radius 3 is 2.15 bits per heavy atom. The molecule has 0 aromatic heterocycles. The van der Waals surface area contributed by atoms with Gasteiger partial charge in [-0.15, -0.1) is 0 Å². The quantitative estimate of drug-likeness (QED) is 0.463. The van der Waals surface area contributed by atoms with Gasteiger partial charge in [-0.1, -0.05) is 11.6 Å². The van der Waals surface area contributed by atoms with Crippen LogP contribution >= 0.6 is 11.6 Å². The molecule has 3 aromatic carbocycles. The van der Waals surface area contributed by atoms with Gasteiger partial charge in [-0.25, -0.2) is 13.2 Å². The summed E-state index contributed by atoms with van der Waals surface area (Å²) in [4.78, 5) is 24.4. The van der Waals surface area contributed by atoms with Crippen LogP contribution in [0.3, 0.4) is 0 Å². The normalized spacial score (nSPS) is 11.2. The Labute approximate surface area is 203 Å². The van der Waals surface area contributed by atoms with E-state index < -0.39 is 21.9 Å². The molecule has 8 nitrogen and oxygen atoms in total. The number of rotatable bonds is 8. The lowest BCUT2D eigenvalue weighted by Crippen LogP contribution is -2.27. The molecular formula is C24H23ClN2O6S. The molecule has 0 saturated carbocycles. The van der Waals surface area contributed by atoms with Crippen LogP contribution in [0.5, 0.6) is 5.75 Å². The first-order valence-electron chi connectivity index (χ1n) is 10.0. The number of benzene rings is 3. The SMILES string of the molecule is COC(=O)c1ccc(NC(=O)c2ccc(OC)c(CN(C)S(=O)(=O)c3ccc(Cl)cc3)c2)cc1. The van der Waals surface area contributed by atoms with E-state index in [0.717, 1.165) is 0 Å². The van der Waals surface area contributed by atoms with Crippen LogP contribution in [0.2, 0.25) is 5.02 Å². The van der Waals surface area contributed by atoms with Crippen molar-refractivity contribution >= 4 is 39.2 Å². The monoisotopic (exact) mass is 502 g/mol. The van der Waals surface area contributed by atoms with Crippen LogP contribution in [0.4, 0.5) is 5.69 Å². The fourth-order valence-corrected chi connectivity index (χ4v) is 4.44. The van der Waals surface area contributed by atoms with E-state index >= 15 is 0 Å². The number of carbonyl (C=O) groups excluding carboxylic acids is 2. The molecule has 10 heteroatoms. The van der Waals surface area contributed by atoms with Gasteiger partial charge in [0.15, 0.2) is 0 Å². The Hall–Kier alpha value is -3.40. The average molecular weight is 503 g/mol. The minimum absolute atomic E-state index is 0.0247. The van der Waals surface area contributed by atoms with E-state index in [1.807, 2.05) is 0 Å². The van der Waals surface area contributed by atoms with Crippen molar-refractivity contribution in [2.24, 2.45) is 0 Å². The van der Waals surface area contributed by atoms with Gasteiger partial charge < -0.3 is 14.8 Å². The highest BCUT2D eigenvalue weighted by molar-refractivity contribution is 7.89. The van der Waals surface area contributed by atoms with Crippen LogP contribution in [0.1, 0.15) is 26.3 Å². The molecule has 34 heavy (non-hydrogen) atoms. The number of carbonyl (C=O) groups is 2. The van der Waals surface area contributed by atoms with Gasteiger partial charge in [0.05, 0.1) is 24.7 Å². The fraction of sp³-hybridized carbons (Fsp3) is 0.167. The standard InChI is InChI=1S/C24H23ClN2O6S/c1-27(34(30,31)21-11-7-19(25)8-12-21)15-18-14-17(6-13-22(18)32-2)23(28)26-20-9-4-16(5-10-20)24(29)33-3/h4-14H,15H2,1-3H3,(H,26,28). The first-order chi connectivity index (χ1) is 16.1. The van der Waals surface area contributed by atoms with E-state index in [4.69, 9.17) is 16.3 Å². The molecule has 1 N–H and O–H groups in total. The second-order valence-electron chi connectivity index (χ2n) is 7.26. The van der Waals surface area contributed by atoms with Gasteiger partial charge in [0.2, 0.25) is 10.0 Å². The van der Waals surface area contributed by atoms with E-state index in [1.54, 1.807) is 30.3 Å². The number of methoxy groups -OCH3 is 2. The molecule has 0 fully saturated rings. The summed E-state index contributed by atoms with van der Waals surface area (Å²) in [5.74, 6) is -0.439. The van der Waals surface area contributed by atoms with Gasteiger partial charge in [-0.2, -0.15) is 4.31 Å². The number of halogens is 1. The zero-order chi connectivity index (χ0) is 24.9. The summed E-state index contributed by atoms with van der Waals surface area (Å²) in [6, 6.07) is 16.9. The summed E-state index contributed by atoms with van der Waals surface area (Å²) < 4.78 is 37.1. The number of nitrogens with one attached hydrogen (secondary N) is 1. The molecule has 0 spiro atoms. The molecule has 3 rings (SSSR count). The first kappa shape index (κ1) is 25.2. The van der Waals surface area contributed by atoms with E-state index in [2.05, 4.69) is 10.1 Å². The predicted molar refractivity (Wildman–Crippen MR) is 129 cm³/mol. The van der Waals surface area contributed by atoms with Crippen molar-refractivity contribution in [3.8, 4) is 5.75 Å². The maximum absolute atomic E-state index is 12.9. The molecule has 0 aliphatic carbocycles. The van der Waals surface area contributed by atoms with E-state index in [-0.39, 0.29) is 11.4 Å². The number of nitrogens with zero attached hydrogens (tertiary/aromatic N) is 1. The van der Waals surface area contributed by atoms with Crippen LogP contribution in [-0.4, -0.2) is 45.9 Å². The minimum atomic E-state index is -3.79. The highest BCUT2D eigenvalue weighted by Gasteiger charge is 2.23. The van der Waals surface area contributed by atoms with Crippen molar-refractivity contribution in [1.82, 2.24) is 4.31 Å². The van der Waals surface area contributed by atoms with Crippen molar-refractivity contribution < 1.29 is 27.5 Å².